The van der Waals surface area contributed by atoms with E-state index in [9.17, 15) is 9.59 Å². The number of esters is 1. The molecule has 0 aromatic heterocycles. The quantitative estimate of drug-likeness (QED) is 0.321. The Hall–Kier alpha value is -0.840. The van der Waals surface area contributed by atoms with Crippen LogP contribution in [0, 0.1) is 0 Å². The lowest BCUT2D eigenvalue weighted by molar-refractivity contribution is -0.138. The van der Waals surface area contributed by atoms with Gasteiger partial charge in [-0.2, -0.15) is 0 Å². The first-order valence-electron chi connectivity index (χ1n) is 3.32. The van der Waals surface area contributed by atoms with E-state index in [1.54, 1.807) is 0 Å². The van der Waals surface area contributed by atoms with Gasteiger partial charge in [0.25, 0.3) is 0 Å². The highest BCUT2D eigenvalue weighted by Crippen LogP contribution is 1.80. The van der Waals surface area contributed by atoms with Gasteiger partial charge in [-0.25, -0.2) is 4.79 Å². The Bertz CT molecular complexity index is 181. The standard InChI is InChI=1S/C7H10BrNO3/c1-2-7(11)12-4-3-9-6(10)5-8/h2H,1,3-5H2,(H,9,10). The maximum Gasteiger partial charge on any atom is 0.330 e. The number of hydrogen-bond acceptors (Lipinski definition) is 3. The molecule has 12 heavy (non-hydrogen) atoms. The first-order valence-corrected chi connectivity index (χ1v) is 4.44. The van der Waals surface area contributed by atoms with Crippen molar-refractivity contribution in [3.8, 4) is 0 Å². The fourth-order valence-electron chi connectivity index (χ4n) is 0.448. The van der Waals surface area contributed by atoms with Gasteiger partial charge in [-0.15, -0.1) is 0 Å². The predicted molar refractivity (Wildman–Crippen MR) is 48.0 cm³/mol. The molecule has 0 atom stereocenters. The third-order valence-corrected chi connectivity index (χ3v) is 1.47. The summed E-state index contributed by atoms with van der Waals surface area (Å²) in [6.45, 7) is 3.71. The number of nitrogens with one attached hydrogen (secondary N) is 1. The molecule has 0 spiro atoms. The summed E-state index contributed by atoms with van der Waals surface area (Å²) in [4.78, 5) is 21.1. The fourth-order valence-corrected chi connectivity index (χ4v) is 0.646. The highest BCUT2D eigenvalue weighted by atomic mass is 79.9. The minimum atomic E-state index is -0.483. The van der Waals surface area contributed by atoms with Crippen molar-refractivity contribution in [1.82, 2.24) is 5.32 Å². The molecule has 0 rings (SSSR count). The average molecular weight is 236 g/mol. The molecule has 0 unspecified atom stereocenters. The lowest BCUT2D eigenvalue weighted by Gasteiger charge is -2.02. The van der Waals surface area contributed by atoms with Crippen molar-refractivity contribution in [2.45, 2.75) is 0 Å². The topological polar surface area (TPSA) is 55.4 Å². The molecule has 0 heterocycles. The van der Waals surface area contributed by atoms with Crippen LogP contribution in [-0.2, 0) is 14.3 Å². The zero-order valence-corrected chi connectivity index (χ0v) is 8.09. The molecule has 0 aliphatic rings. The van der Waals surface area contributed by atoms with Gasteiger partial charge in [0, 0.05) is 6.08 Å². The summed E-state index contributed by atoms with van der Waals surface area (Å²) < 4.78 is 4.60. The van der Waals surface area contributed by atoms with E-state index in [0.717, 1.165) is 6.08 Å². The summed E-state index contributed by atoms with van der Waals surface area (Å²) in [5, 5.41) is 2.77. The number of amides is 1. The molecule has 1 amide bonds. The third kappa shape index (κ3) is 5.91. The molecule has 0 bridgehead atoms. The zero-order valence-electron chi connectivity index (χ0n) is 6.51. The van der Waals surface area contributed by atoms with Crippen molar-refractivity contribution in [2.75, 3.05) is 18.5 Å². The maximum atomic E-state index is 10.6. The van der Waals surface area contributed by atoms with Gasteiger partial charge in [0.05, 0.1) is 11.9 Å². The van der Waals surface area contributed by atoms with Crippen molar-refractivity contribution >= 4 is 27.8 Å². The van der Waals surface area contributed by atoms with Crippen LogP contribution in [0.4, 0.5) is 0 Å². The number of alkyl halides is 1. The average Bonchev–Trinajstić information content (AvgIpc) is 2.11. The van der Waals surface area contributed by atoms with E-state index in [1.807, 2.05) is 0 Å². The van der Waals surface area contributed by atoms with Crippen LogP contribution in [0.5, 0.6) is 0 Å². The van der Waals surface area contributed by atoms with Crippen LogP contribution in [0.1, 0.15) is 0 Å². The van der Waals surface area contributed by atoms with Gasteiger partial charge in [0.2, 0.25) is 5.91 Å². The highest BCUT2D eigenvalue weighted by Gasteiger charge is 1.97. The second-order valence-electron chi connectivity index (χ2n) is 1.86. The SMILES string of the molecule is C=CC(=O)OCCNC(=O)CBr. The second-order valence-corrected chi connectivity index (χ2v) is 2.42. The van der Waals surface area contributed by atoms with Crippen LogP contribution >= 0.6 is 15.9 Å². The minimum absolute atomic E-state index is 0.135. The van der Waals surface area contributed by atoms with Gasteiger partial charge in [0.1, 0.15) is 6.61 Å². The summed E-state index contributed by atoms with van der Waals surface area (Å²) in [6, 6.07) is 0. The van der Waals surface area contributed by atoms with Gasteiger partial charge >= 0.3 is 5.97 Å². The van der Waals surface area contributed by atoms with Gasteiger partial charge in [-0.1, -0.05) is 22.5 Å². The van der Waals surface area contributed by atoms with Crippen LogP contribution in [-0.4, -0.2) is 30.4 Å². The van der Waals surface area contributed by atoms with Crippen molar-refractivity contribution in [3.63, 3.8) is 0 Å². The van der Waals surface area contributed by atoms with Gasteiger partial charge in [-0.05, 0) is 0 Å². The molecule has 1 N–H and O–H groups in total. The molecule has 0 saturated carbocycles. The third-order valence-electron chi connectivity index (χ3n) is 0.957. The van der Waals surface area contributed by atoms with E-state index >= 15 is 0 Å². The minimum Gasteiger partial charge on any atom is -0.461 e. The number of hydrogen-bond donors (Lipinski definition) is 1. The largest absolute Gasteiger partial charge is 0.461 e. The molecule has 0 aromatic carbocycles. The van der Waals surface area contributed by atoms with Gasteiger partial charge < -0.3 is 10.1 Å². The Balaban J connectivity index is 3.27. The normalized spacial score (nSPS) is 8.75. The van der Waals surface area contributed by atoms with E-state index in [2.05, 4.69) is 32.6 Å². The van der Waals surface area contributed by atoms with Crippen LogP contribution < -0.4 is 5.32 Å². The molecule has 0 fully saturated rings. The van der Waals surface area contributed by atoms with E-state index in [1.165, 1.54) is 0 Å². The van der Waals surface area contributed by atoms with Crippen molar-refractivity contribution in [1.29, 1.82) is 0 Å². The van der Waals surface area contributed by atoms with Crippen molar-refractivity contribution in [2.24, 2.45) is 0 Å². The predicted octanol–water partition coefficient (Wildman–Crippen LogP) is 0.227. The van der Waals surface area contributed by atoms with Gasteiger partial charge in [-0.3, -0.25) is 4.79 Å². The summed E-state index contributed by atoms with van der Waals surface area (Å²) in [7, 11) is 0. The summed E-state index contributed by atoms with van der Waals surface area (Å²) >= 11 is 2.97. The summed E-state index contributed by atoms with van der Waals surface area (Å²) in [6.07, 6.45) is 1.08. The first kappa shape index (κ1) is 11.2. The number of carbonyl (C=O) groups is 2. The first-order chi connectivity index (χ1) is 5.70. The smallest absolute Gasteiger partial charge is 0.330 e. The molecule has 0 aliphatic heterocycles. The van der Waals surface area contributed by atoms with Crippen LogP contribution in [0.25, 0.3) is 0 Å². The molecule has 0 aromatic rings. The lowest BCUT2D eigenvalue weighted by atomic mass is 10.6. The molecular weight excluding hydrogens is 226 g/mol. The second kappa shape index (κ2) is 6.84. The van der Waals surface area contributed by atoms with Crippen LogP contribution in [0.15, 0.2) is 12.7 Å². The lowest BCUT2D eigenvalue weighted by Crippen LogP contribution is -2.28. The van der Waals surface area contributed by atoms with Crippen molar-refractivity contribution in [3.05, 3.63) is 12.7 Å². The zero-order chi connectivity index (χ0) is 9.40. The number of halogens is 1. The molecule has 68 valence electrons. The monoisotopic (exact) mass is 235 g/mol. The Morgan fingerprint density at radius 2 is 2.25 bits per heavy atom. The van der Waals surface area contributed by atoms with E-state index in [4.69, 9.17) is 0 Å². The molecule has 0 aliphatic carbocycles. The number of rotatable bonds is 5. The van der Waals surface area contributed by atoms with E-state index in [0.29, 0.717) is 6.54 Å². The molecule has 0 saturated heterocycles. The van der Waals surface area contributed by atoms with E-state index < -0.39 is 5.97 Å². The Morgan fingerprint density at radius 3 is 2.75 bits per heavy atom. The highest BCUT2D eigenvalue weighted by molar-refractivity contribution is 9.09. The summed E-state index contributed by atoms with van der Waals surface area (Å²) in [5.74, 6) is -0.618. The molecule has 0 radical (unpaired) electrons. The fraction of sp³-hybridized carbons (Fsp3) is 0.429. The maximum absolute atomic E-state index is 10.6. The van der Waals surface area contributed by atoms with E-state index in [-0.39, 0.29) is 17.8 Å². The molecule has 4 nitrogen and oxygen atoms in total. The summed E-state index contributed by atoms with van der Waals surface area (Å²) in [5.41, 5.74) is 0. The number of ether oxygens (including phenoxy) is 1. The van der Waals surface area contributed by atoms with Crippen LogP contribution in [0.2, 0.25) is 0 Å². The Labute approximate surface area is 79.1 Å². The molecule has 5 heteroatoms. The Kier molecular flexibility index (Phi) is 6.37. The van der Waals surface area contributed by atoms with Crippen molar-refractivity contribution < 1.29 is 14.3 Å². The van der Waals surface area contributed by atoms with Gasteiger partial charge in [0.15, 0.2) is 0 Å². The van der Waals surface area contributed by atoms with Crippen LogP contribution in [0.3, 0.4) is 0 Å². The number of carbonyl (C=O) groups excluding carboxylic acids is 2. The Morgan fingerprint density at radius 1 is 1.58 bits per heavy atom. The molecular formula is C7H10BrNO3.